The Balaban J connectivity index is 4.67. The van der Waals surface area contributed by atoms with Gasteiger partial charge in [-0.05, 0) is 58.8 Å². The van der Waals surface area contributed by atoms with Crippen molar-refractivity contribution in [2.75, 3.05) is 26.2 Å². The van der Waals surface area contributed by atoms with Gasteiger partial charge in [-0.3, -0.25) is 4.90 Å². The molecule has 0 rings (SSSR count). The van der Waals surface area contributed by atoms with Crippen LogP contribution in [0.25, 0.3) is 0 Å². The van der Waals surface area contributed by atoms with Crippen molar-refractivity contribution in [1.29, 1.82) is 0 Å². The Morgan fingerprint density at radius 2 is 1.14 bits per heavy atom. The monoisotopic (exact) mass is 313 g/mol. The van der Waals surface area contributed by atoms with E-state index in [1.54, 1.807) is 0 Å². The van der Waals surface area contributed by atoms with E-state index in [4.69, 9.17) is 11.5 Å². The lowest BCUT2D eigenvalue weighted by molar-refractivity contribution is 0.0783. The minimum Gasteiger partial charge on any atom is -0.330 e. The Morgan fingerprint density at radius 3 is 1.59 bits per heavy atom. The second kappa shape index (κ2) is 14.5. The minimum absolute atomic E-state index is 0.341. The lowest BCUT2D eigenvalue weighted by Crippen LogP contribution is -2.48. The van der Waals surface area contributed by atoms with Crippen molar-refractivity contribution in [3.05, 3.63) is 0 Å². The SMILES string of the molecule is CCCCCCC(C)(CCCCC)N(CCCN)CCCN. The van der Waals surface area contributed by atoms with E-state index < -0.39 is 0 Å². The number of hydrogen-bond acceptors (Lipinski definition) is 3. The van der Waals surface area contributed by atoms with Gasteiger partial charge in [-0.15, -0.1) is 0 Å². The quantitative estimate of drug-likeness (QED) is 0.418. The van der Waals surface area contributed by atoms with Crippen LogP contribution in [0.15, 0.2) is 0 Å². The summed E-state index contributed by atoms with van der Waals surface area (Å²) < 4.78 is 0. The molecule has 3 nitrogen and oxygen atoms in total. The van der Waals surface area contributed by atoms with Crippen LogP contribution < -0.4 is 11.5 Å². The zero-order valence-corrected chi connectivity index (χ0v) is 15.7. The highest BCUT2D eigenvalue weighted by Gasteiger charge is 2.29. The lowest BCUT2D eigenvalue weighted by Gasteiger charge is -2.42. The Bertz CT molecular complexity index is 225. The van der Waals surface area contributed by atoms with Gasteiger partial charge in [-0.2, -0.15) is 0 Å². The van der Waals surface area contributed by atoms with Crippen LogP contribution in [-0.4, -0.2) is 36.6 Å². The number of nitrogens with two attached hydrogens (primary N) is 2. The summed E-state index contributed by atoms with van der Waals surface area (Å²) in [5.41, 5.74) is 11.9. The normalized spacial score (nSPS) is 14.5. The van der Waals surface area contributed by atoms with Crippen molar-refractivity contribution < 1.29 is 0 Å². The summed E-state index contributed by atoms with van der Waals surface area (Å²) in [5.74, 6) is 0. The molecule has 0 aromatic heterocycles. The molecule has 4 N–H and O–H groups in total. The number of rotatable bonds is 16. The lowest BCUT2D eigenvalue weighted by atomic mass is 9.86. The topological polar surface area (TPSA) is 55.3 Å². The van der Waals surface area contributed by atoms with Gasteiger partial charge in [0.15, 0.2) is 0 Å². The Hall–Kier alpha value is -0.120. The van der Waals surface area contributed by atoms with Crippen molar-refractivity contribution in [2.24, 2.45) is 11.5 Å². The first-order valence-electron chi connectivity index (χ1n) is 9.79. The van der Waals surface area contributed by atoms with Crippen LogP contribution in [0, 0.1) is 0 Å². The zero-order valence-electron chi connectivity index (χ0n) is 15.7. The van der Waals surface area contributed by atoms with Crippen LogP contribution in [0.2, 0.25) is 0 Å². The van der Waals surface area contributed by atoms with Crippen LogP contribution >= 0.6 is 0 Å². The number of unbranched alkanes of at least 4 members (excludes halogenated alkanes) is 5. The Labute approximate surface area is 140 Å². The third-order valence-electron chi connectivity index (χ3n) is 4.92. The fourth-order valence-electron chi connectivity index (χ4n) is 3.35. The molecule has 0 amide bonds. The largest absolute Gasteiger partial charge is 0.330 e. The van der Waals surface area contributed by atoms with Gasteiger partial charge in [0.25, 0.3) is 0 Å². The summed E-state index contributed by atoms with van der Waals surface area (Å²) >= 11 is 0. The van der Waals surface area contributed by atoms with E-state index in [0.717, 1.165) is 39.0 Å². The molecule has 0 aliphatic heterocycles. The second-order valence-corrected chi connectivity index (χ2v) is 7.04. The van der Waals surface area contributed by atoms with Crippen molar-refractivity contribution in [3.8, 4) is 0 Å². The van der Waals surface area contributed by atoms with E-state index in [0.29, 0.717) is 5.54 Å². The van der Waals surface area contributed by atoms with Crippen molar-refractivity contribution >= 4 is 0 Å². The predicted octanol–water partition coefficient (Wildman–Crippen LogP) is 4.30. The van der Waals surface area contributed by atoms with Gasteiger partial charge >= 0.3 is 0 Å². The molecule has 0 aromatic rings. The summed E-state index contributed by atoms with van der Waals surface area (Å²) in [6, 6.07) is 0. The van der Waals surface area contributed by atoms with Crippen LogP contribution in [-0.2, 0) is 0 Å². The molecule has 0 fully saturated rings. The minimum atomic E-state index is 0.341. The van der Waals surface area contributed by atoms with Gasteiger partial charge in [0.05, 0.1) is 0 Å². The zero-order chi connectivity index (χ0) is 16.7. The van der Waals surface area contributed by atoms with Crippen LogP contribution in [0.3, 0.4) is 0 Å². The molecular formula is C19H43N3. The molecule has 0 aliphatic rings. The van der Waals surface area contributed by atoms with E-state index in [1.165, 1.54) is 57.8 Å². The summed E-state index contributed by atoms with van der Waals surface area (Å²) in [6.07, 6.45) is 14.3. The summed E-state index contributed by atoms with van der Waals surface area (Å²) in [6.45, 7) is 10.9. The van der Waals surface area contributed by atoms with Gasteiger partial charge < -0.3 is 11.5 Å². The van der Waals surface area contributed by atoms with Crippen molar-refractivity contribution in [2.45, 2.75) is 96.9 Å². The summed E-state index contributed by atoms with van der Waals surface area (Å²) in [4.78, 5) is 2.70. The smallest absolute Gasteiger partial charge is 0.0181 e. The first-order valence-corrected chi connectivity index (χ1v) is 9.79. The average molecular weight is 314 g/mol. The molecule has 1 unspecified atom stereocenters. The molecule has 134 valence electrons. The van der Waals surface area contributed by atoms with E-state index in [-0.39, 0.29) is 0 Å². The van der Waals surface area contributed by atoms with Crippen LogP contribution in [0.4, 0.5) is 0 Å². The maximum absolute atomic E-state index is 5.76. The molecule has 0 aromatic carbocycles. The van der Waals surface area contributed by atoms with E-state index in [9.17, 15) is 0 Å². The molecule has 0 saturated carbocycles. The van der Waals surface area contributed by atoms with Gasteiger partial charge in [-0.1, -0.05) is 58.8 Å². The number of hydrogen-bond donors (Lipinski definition) is 2. The molecule has 1 atom stereocenters. The molecule has 3 heteroatoms. The van der Waals surface area contributed by atoms with Crippen LogP contribution in [0.5, 0.6) is 0 Å². The van der Waals surface area contributed by atoms with Gasteiger partial charge in [0, 0.05) is 5.54 Å². The number of nitrogens with zero attached hydrogens (tertiary/aromatic N) is 1. The predicted molar refractivity (Wildman–Crippen MR) is 100 cm³/mol. The Morgan fingerprint density at radius 1 is 0.682 bits per heavy atom. The highest BCUT2D eigenvalue weighted by molar-refractivity contribution is 4.86. The van der Waals surface area contributed by atoms with E-state index >= 15 is 0 Å². The molecule has 0 spiro atoms. The molecule has 0 bridgehead atoms. The third-order valence-corrected chi connectivity index (χ3v) is 4.92. The molecule has 22 heavy (non-hydrogen) atoms. The van der Waals surface area contributed by atoms with Crippen LogP contribution in [0.1, 0.15) is 91.4 Å². The summed E-state index contributed by atoms with van der Waals surface area (Å²) in [5, 5.41) is 0. The molecule has 0 saturated heterocycles. The Kier molecular flexibility index (Phi) is 14.4. The average Bonchev–Trinajstić information content (AvgIpc) is 2.52. The van der Waals surface area contributed by atoms with Gasteiger partial charge in [-0.25, -0.2) is 0 Å². The molecule has 0 radical (unpaired) electrons. The fourth-order valence-corrected chi connectivity index (χ4v) is 3.35. The molecule has 0 heterocycles. The first-order chi connectivity index (χ1) is 10.6. The van der Waals surface area contributed by atoms with Crippen molar-refractivity contribution in [3.63, 3.8) is 0 Å². The highest BCUT2D eigenvalue weighted by Crippen LogP contribution is 2.29. The van der Waals surface area contributed by atoms with E-state index in [2.05, 4.69) is 25.7 Å². The highest BCUT2D eigenvalue weighted by atomic mass is 15.2. The molecule has 0 aliphatic carbocycles. The molecular weight excluding hydrogens is 270 g/mol. The first kappa shape index (κ1) is 21.9. The maximum Gasteiger partial charge on any atom is 0.0181 e. The maximum atomic E-state index is 5.76. The standard InChI is InChI=1S/C19H43N3/c1-4-6-8-10-14-19(3,13-9-7-5-2)22(17-11-15-20)18-12-16-21/h4-18,20-21H2,1-3H3. The summed E-state index contributed by atoms with van der Waals surface area (Å²) in [7, 11) is 0. The third kappa shape index (κ3) is 9.81. The van der Waals surface area contributed by atoms with E-state index in [1.807, 2.05) is 0 Å². The fraction of sp³-hybridized carbons (Fsp3) is 1.00. The van der Waals surface area contributed by atoms with Crippen molar-refractivity contribution in [1.82, 2.24) is 4.90 Å². The second-order valence-electron chi connectivity index (χ2n) is 7.04. The van der Waals surface area contributed by atoms with Gasteiger partial charge in [0.2, 0.25) is 0 Å². The van der Waals surface area contributed by atoms with Gasteiger partial charge in [0.1, 0.15) is 0 Å².